The Morgan fingerprint density at radius 2 is 1.86 bits per heavy atom. The predicted molar refractivity (Wildman–Crippen MR) is 91.6 cm³/mol. The highest BCUT2D eigenvalue weighted by atomic mass is 127. The minimum Gasteiger partial charge on any atom is -0.449 e. The van der Waals surface area contributed by atoms with Crippen molar-refractivity contribution in [1.82, 2.24) is 5.43 Å². The molecule has 110 valence electrons. The molecule has 2 aromatic rings. The predicted octanol–water partition coefficient (Wildman–Crippen LogP) is 3.95. The van der Waals surface area contributed by atoms with E-state index in [9.17, 15) is 4.79 Å². The zero-order valence-electron chi connectivity index (χ0n) is 12.2. The van der Waals surface area contributed by atoms with E-state index in [1.54, 1.807) is 18.2 Å². The van der Waals surface area contributed by atoms with Gasteiger partial charge in [-0.1, -0.05) is 32.9 Å². The van der Waals surface area contributed by atoms with Crippen molar-refractivity contribution in [3.8, 4) is 0 Å². The monoisotopic (exact) mass is 396 g/mol. The van der Waals surface area contributed by atoms with Gasteiger partial charge in [0.05, 0.1) is 6.21 Å². The topological polar surface area (TPSA) is 54.6 Å². The summed E-state index contributed by atoms with van der Waals surface area (Å²) in [6.07, 6.45) is 1.48. The minimum absolute atomic E-state index is 0.0730. The van der Waals surface area contributed by atoms with E-state index in [1.807, 2.05) is 18.2 Å². The third kappa shape index (κ3) is 4.42. The van der Waals surface area contributed by atoms with Crippen molar-refractivity contribution >= 4 is 34.7 Å². The highest BCUT2D eigenvalue weighted by Gasteiger charge is 2.14. The lowest BCUT2D eigenvalue weighted by atomic mass is 9.87. The number of hydrogen-bond acceptors (Lipinski definition) is 3. The van der Waals surface area contributed by atoms with E-state index in [0.717, 1.165) is 3.77 Å². The minimum atomic E-state index is -0.243. The lowest BCUT2D eigenvalue weighted by molar-refractivity contribution is 0.0955. The van der Waals surface area contributed by atoms with Crippen molar-refractivity contribution in [1.29, 1.82) is 0 Å². The van der Waals surface area contributed by atoms with Crippen LogP contribution in [0.1, 0.15) is 42.5 Å². The van der Waals surface area contributed by atoms with Crippen molar-refractivity contribution in [2.45, 2.75) is 26.2 Å². The Balaban J connectivity index is 1.99. The number of hydrazone groups is 1. The molecule has 0 aliphatic heterocycles. The zero-order chi connectivity index (χ0) is 15.5. The molecule has 0 fully saturated rings. The van der Waals surface area contributed by atoms with Gasteiger partial charge in [-0.15, -0.1) is 0 Å². The van der Waals surface area contributed by atoms with Gasteiger partial charge >= 0.3 is 0 Å². The number of nitrogens with zero attached hydrogens (tertiary/aromatic N) is 1. The Morgan fingerprint density at radius 3 is 2.38 bits per heavy atom. The van der Waals surface area contributed by atoms with Gasteiger partial charge in [0.25, 0.3) is 5.91 Å². The Kier molecular flexibility index (Phi) is 4.82. The molecule has 0 bridgehead atoms. The van der Waals surface area contributed by atoms with Crippen LogP contribution in [-0.2, 0) is 5.41 Å². The molecule has 0 atom stereocenters. The fraction of sp³-hybridized carbons (Fsp3) is 0.250. The summed E-state index contributed by atoms with van der Waals surface area (Å²) < 4.78 is 6.09. The van der Waals surface area contributed by atoms with Crippen LogP contribution in [0.4, 0.5) is 0 Å². The van der Waals surface area contributed by atoms with Crippen LogP contribution in [0.15, 0.2) is 45.9 Å². The van der Waals surface area contributed by atoms with Crippen molar-refractivity contribution in [3.05, 3.63) is 57.1 Å². The molecule has 0 saturated carbocycles. The number of hydrogen-bond donors (Lipinski definition) is 1. The van der Waals surface area contributed by atoms with Crippen LogP contribution in [-0.4, -0.2) is 12.1 Å². The first-order valence-electron chi connectivity index (χ1n) is 6.55. The molecule has 0 aliphatic rings. The molecule has 1 N–H and O–H groups in total. The number of benzene rings is 1. The van der Waals surface area contributed by atoms with Gasteiger partial charge < -0.3 is 4.42 Å². The van der Waals surface area contributed by atoms with Crippen molar-refractivity contribution in [3.63, 3.8) is 0 Å². The summed E-state index contributed by atoms with van der Waals surface area (Å²) in [6, 6.07) is 11.2. The van der Waals surface area contributed by atoms with Gasteiger partial charge in [-0.25, -0.2) is 5.43 Å². The summed E-state index contributed by atoms with van der Waals surface area (Å²) in [7, 11) is 0. The van der Waals surface area contributed by atoms with Gasteiger partial charge in [-0.3, -0.25) is 4.79 Å². The van der Waals surface area contributed by atoms with Crippen LogP contribution in [0, 0.1) is 3.77 Å². The van der Waals surface area contributed by atoms with Crippen LogP contribution in [0.3, 0.4) is 0 Å². The standard InChI is InChI=1S/C16H17IN2O2/c1-16(2,3)12-6-4-11(5-7-12)15(20)19-18-10-13-8-9-14(17)21-13/h4-10H,1-3H3,(H,19,20)/b18-10+. The molecule has 1 heterocycles. The Morgan fingerprint density at radius 1 is 1.19 bits per heavy atom. The Labute approximate surface area is 137 Å². The molecular formula is C16H17IN2O2. The van der Waals surface area contributed by atoms with E-state index in [1.165, 1.54) is 11.8 Å². The average Bonchev–Trinajstić information content (AvgIpc) is 2.83. The molecule has 0 aliphatic carbocycles. The van der Waals surface area contributed by atoms with Crippen LogP contribution in [0.2, 0.25) is 0 Å². The van der Waals surface area contributed by atoms with E-state index in [4.69, 9.17) is 4.42 Å². The second-order valence-electron chi connectivity index (χ2n) is 5.67. The van der Waals surface area contributed by atoms with Crippen LogP contribution >= 0.6 is 22.6 Å². The highest BCUT2D eigenvalue weighted by Crippen LogP contribution is 2.22. The maximum Gasteiger partial charge on any atom is 0.271 e. The number of furan rings is 1. The number of halogens is 1. The summed E-state index contributed by atoms with van der Waals surface area (Å²) in [6.45, 7) is 6.41. The Bertz CT molecular complexity index is 652. The van der Waals surface area contributed by atoms with Crippen molar-refractivity contribution < 1.29 is 9.21 Å². The van der Waals surface area contributed by atoms with Gasteiger partial charge in [0.1, 0.15) is 5.76 Å². The van der Waals surface area contributed by atoms with Gasteiger partial charge in [0, 0.05) is 5.56 Å². The van der Waals surface area contributed by atoms with Crippen LogP contribution < -0.4 is 5.43 Å². The lowest BCUT2D eigenvalue weighted by Crippen LogP contribution is -2.18. The number of carbonyl (C=O) groups excluding carboxylic acids is 1. The summed E-state index contributed by atoms with van der Waals surface area (Å²) >= 11 is 2.07. The fourth-order valence-electron chi connectivity index (χ4n) is 1.74. The first kappa shape index (κ1) is 15.8. The first-order chi connectivity index (χ1) is 9.86. The largest absolute Gasteiger partial charge is 0.449 e. The molecule has 1 aromatic heterocycles. The van der Waals surface area contributed by atoms with Crippen LogP contribution in [0.5, 0.6) is 0 Å². The average molecular weight is 396 g/mol. The van der Waals surface area contributed by atoms with Gasteiger partial charge in [0.2, 0.25) is 0 Å². The van der Waals surface area contributed by atoms with E-state index < -0.39 is 0 Å². The molecule has 2 rings (SSSR count). The zero-order valence-corrected chi connectivity index (χ0v) is 14.3. The SMILES string of the molecule is CC(C)(C)c1ccc(C(=O)N/N=C/c2ccc(I)o2)cc1. The molecule has 4 nitrogen and oxygen atoms in total. The van der Waals surface area contributed by atoms with Crippen LogP contribution in [0.25, 0.3) is 0 Å². The Hall–Kier alpha value is -1.63. The van der Waals surface area contributed by atoms with Gasteiger partial charge in [0.15, 0.2) is 3.77 Å². The third-order valence-electron chi connectivity index (χ3n) is 2.96. The van der Waals surface area contributed by atoms with E-state index >= 15 is 0 Å². The molecule has 0 radical (unpaired) electrons. The van der Waals surface area contributed by atoms with E-state index in [-0.39, 0.29) is 11.3 Å². The lowest BCUT2D eigenvalue weighted by Gasteiger charge is -2.18. The highest BCUT2D eigenvalue weighted by molar-refractivity contribution is 14.1. The van der Waals surface area contributed by atoms with E-state index in [0.29, 0.717) is 11.3 Å². The molecule has 1 aromatic carbocycles. The molecular weight excluding hydrogens is 379 g/mol. The maximum atomic E-state index is 11.9. The second-order valence-corrected chi connectivity index (χ2v) is 6.73. The molecule has 0 unspecified atom stereocenters. The summed E-state index contributed by atoms with van der Waals surface area (Å²) in [4.78, 5) is 11.9. The summed E-state index contributed by atoms with van der Waals surface area (Å²) in [5.41, 5.74) is 4.32. The number of carbonyl (C=O) groups is 1. The summed E-state index contributed by atoms with van der Waals surface area (Å²) in [5, 5.41) is 3.88. The first-order valence-corrected chi connectivity index (χ1v) is 7.63. The third-order valence-corrected chi connectivity index (χ3v) is 3.54. The second kappa shape index (κ2) is 6.43. The van der Waals surface area contributed by atoms with Gasteiger partial charge in [-0.2, -0.15) is 5.10 Å². The van der Waals surface area contributed by atoms with Crippen molar-refractivity contribution in [2.75, 3.05) is 0 Å². The van der Waals surface area contributed by atoms with Gasteiger partial charge in [-0.05, 0) is 57.8 Å². The normalized spacial score (nSPS) is 11.8. The maximum absolute atomic E-state index is 11.9. The summed E-state index contributed by atoms with van der Waals surface area (Å²) in [5.74, 6) is 0.357. The molecule has 21 heavy (non-hydrogen) atoms. The quantitative estimate of drug-likeness (QED) is 0.486. The molecule has 0 spiro atoms. The number of rotatable bonds is 3. The molecule has 5 heteroatoms. The van der Waals surface area contributed by atoms with Crippen molar-refractivity contribution in [2.24, 2.45) is 5.10 Å². The van der Waals surface area contributed by atoms with E-state index in [2.05, 4.69) is 53.9 Å². The smallest absolute Gasteiger partial charge is 0.271 e. The number of nitrogens with one attached hydrogen (secondary N) is 1. The fourth-order valence-corrected chi connectivity index (χ4v) is 2.17. The number of amides is 1. The molecule has 0 saturated heterocycles. The molecule has 1 amide bonds.